The minimum absolute atomic E-state index is 0.217. The van der Waals surface area contributed by atoms with Crippen LogP contribution in [0.15, 0.2) is 35.1 Å². The maximum atomic E-state index is 12.5. The summed E-state index contributed by atoms with van der Waals surface area (Å²) in [6, 6.07) is 4.18. The Labute approximate surface area is 132 Å². The number of rotatable bonds is 4. The summed E-state index contributed by atoms with van der Waals surface area (Å²) < 4.78 is 1.79. The van der Waals surface area contributed by atoms with Gasteiger partial charge in [0.25, 0.3) is 5.91 Å². The second-order valence-corrected chi connectivity index (χ2v) is 6.72. The van der Waals surface area contributed by atoms with E-state index in [1.54, 1.807) is 29.1 Å². The lowest BCUT2D eigenvalue weighted by atomic mass is 9.98. The van der Waals surface area contributed by atoms with Crippen LogP contribution >= 0.6 is 11.3 Å². The van der Waals surface area contributed by atoms with Gasteiger partial charge in [0.05, 0.1) is 16.8 Å². The zero-order valence-corrected chi connectivity index (χ0v) is 13.6. The predicted molar refractivity (Wildman–Crippen MR) is 86.2 cm³/mol. The Balaban J connectivity index is 1.67. The van der Waals surface area contributed by atoms with E-state index < -0.39 is 5.60 Å². The monoisotopic (exact) mass is 318 g/mol. The minimum Gasteiger partial charge on any atom is -0.379 e. The smallest absolute Gasteiger partial charge is 0.271 e. The van der Waals surface area contributed by atoms with Gasteiger partial charge in [-0.05, 0) is 32.2 Å². The van der Waals surface area contributed by atoms with Crippen LogP contribution in [0.4, 0.5) is 5.69 Å². The van der Waals surface area contributed by atoms with Crippen molar-refractivity contribution in [1.82, 2.24) is 9.78 Å². The van der Waals surface area contributed by atoms with Crippen LogP contribution < -0.4 is 5.32 Å². The molecular formula is C15H18N4O2S. The van der Waals surface area contributed by atoms with Gasteiger partial charge < -0.3 is 10.2 Å². The Kier molecular flexibility index (Phi) is 3.74. The van der Waals surface area contributed by atoms with Gasteiger partial charge in [-0.2, -0.15) is 5.10 Å². The predicted octanol–water partition coefficient (Wildman–Crippen LogP) is 3.05. The van der Waals surface area contributed by atoms with Crippen LogP contribution in [0.5, 0.6) is 0 Å². The van der Waals surface area contributed by atoms with E-state index >= 15 is 0 Å². The van der Waals surface area contributed by atoms with Crippen molar-refractivity contribution in [2.75, 3.05) is 5.32 Å². The number of hydrogen-bond acceptors (Lipinski definition) is 5. The first-order chi connectivity index (χ1) is 10.5. The van der Waals surface area contributed by atoms with Crippen molar-refractivity contribution in [2.45, 2.75) is 38.8 Å². The van der Waals surface area contributed by atoms with Gasteiger partial charge in [-0.3, -0.25) is 9.48 Å². The summed E-state index contributed by atoms with van der Waals surface area (Å²) in [5, 5.41) is 13.1. The van der Waals surface area contributed by atoms with Gasteiger partial charge in [-0.25, -0.2) is 0 Å². The third-order valence-corrected chi connectivity index (χ3v) is 4.46. The second kappa shape index (κ2) is 5.57. The number of thiophene rings is 1. The molecule has 1 N–H and O–H groups in total. The third-order valence-electron chi connectivity index (χ3n) is 3.54. The molecular weight excluding hydrogens is 300 g/mol. The van der Waals surface area contributed by atoms with Crippen LogP contribution in [-0.4, -0.2) is 27.0 Å². The number of oxime groups is 1. The number of nitrogens with one attached hydrogen (secondary N) is 1. The Morgan fingerprint density at radius 1 is 1.55 bits per heavy atom. The highest BCUT2D eigenvalue weighted by Gasteiger charge is 2.42. The number of carbonyl (C=O) groups excluding carboxylic acids is 1. The second-order valence-electron chi connectivity index (χ2n) is 5.77. The summed E-state index contributed by atoms with van der Waals surface area (Å²) in [5.74, 6) is -0.217. The molecule has 2 aromatic heterocycles. The Hall–Kier alpha value is -2.15. The number of aromatic nitrogens is 2. The quantitative estimate of drug-likeness (QED) is 0.942. The zero-order chi connectivity index (χ0) is 15.7. The first-order valence-electron chi connectivity index (χ1n) is 7.12. The van der Waals surface area contributed by atoms with E-state index in [1.807, 2.05) is 37.6 Å². The molecule has 0 fully saturated rings. The van der Waals surface area contributed by atoms with Crippen LogP contribution in [0.3, 0.4) is 0 Å². The van der Waals surface area contributed by atoms with Crippen LogP contribution in [0.1, 0.15) is 38.1 Å². The van der Waals surface area contributed by atoms with Gasteiger partial charge >= 0.3 is 0 Å². The molecule has 0 saturated heterocycles. The van der Waals surface area contributed by atoms with Gasteiger partial charge in [-0.1, -0.05) is 11.2 Å². The topological polar surface area (TPSA) is 68.5 Å². The van der Waals surface area contributed by atoms with Crippen molar-refractivity contribution in [3.8, 4) is 0 Å². The van der Waals surface area contributed by atoms with Crippen LogP contribution in [0.25, 0.3) is 0 Å². The summed E-state index contributed by atoms with van der Waals surface area (Å²) in [4.78, 5) is 18.9. The molecule has 1 aliphatic heterocycles. The van der Waals surface area contributed by atoms with Crippen molar-refractivity contribution in [1.29, 1.82) is 0 Å². The SMILES string of the molecule is CC(C)n1cc(NC(=O)C2(C)CC(c3cccs3)=NO2)cn1. The lowest BCUT2D eigenvalue weighted by Gasteiger charge is -2.19. The maximum Gasteiger partial charge on any atom is 0.271 e. The van der Waals surface area contributed by atoms with E-state index in [9.17, 15) is 4.79 Å². The maximum absolute atomic E-state index is 12.5. The van der Waals surface area contributed by atoms with Crippen molar-refractivity contribution in [2.24, 2.45) is 5.16 Å². The third kappa shape index (κ3) is 2.76. The molecule has 0 radical (unpaired) electrons. The molecule has 1 atom stereocenters. The van der Waals surface area contributed by atoms with E-state index in [2.05, 4.69) is 15.6 Å². The van der Waals surface area contributed by atoms with Gasteiger partial charge in [-0.15, -0.1) is 11.3 Å². The number of amides is 1. The van der Waals surface area contributed by atoms with Crippen molar-refractivity contribution >= 4 is 28.6 Å². The Morgan fingerprint density at radius 3 is 3.00 bits per heavy atom. The molecule has 0 spiro atoms. The van der Waals surface area contributed by atoms with Gasteiger partial charge in [0.2, 0.25) is 5.60 Å². The molecule has 3 heterocycles. The first kappa shape index (κ1) is 14.8. The van der Waals surface area contributed by atoms with Crippen molar-refractivity contribution in [3.63, 3.8) is 0 Å². The first-order valence-corrected chi connectivity index (χ1v) is 8.00. The zero-order valence-electron chi connectivity index (χ0n) is 12.7. The summed E-state index contributed by atoms with van der Waals surface area (Å²) in [6.07, 6.45) is 3.90. The fraction of sp³-hybridized carbons (Fsp3) is 0.400. The van der Waals surface area contributed by atoms with Crippen LogP contribution in [-0.2, 0) is 9.63 Å². The molecule has 2 aromatic rings. The normalized spacial score (nSPS) is 20.8. The number of carbonyl (C=O) groups is 1. The van der Waals surface area contributed by atoms with Crippen molar-refractivity contribution in [3.05, 3.63) is 34.8 Å². The summed E-state index contributed by atoms with van der Waals surface area (Å²) in [7, 11) is 0. The molecule has 1 unspecified atom stereocenters. The molecule has 116 valence electrons. The molecule has 1 aliphatic rings. The Morgan fingerprint density at radius 2 is 2.36 bits per heavy atom. The van der Waals surface area contributed by atoms with Crippen molar-refractivity contribution < 1.29 is 9.63 Å². The molecule has 22 heavy (non-hydrogen) atoms. The molecule has 1 amide bonds. The highest BCUT2D eigenvalue weighted by molar-refractivity contribution is 7.12. The fourth-order valence-electron chi connectivity index (χ4n) is 2.18. The van der Waals surface area contributed by atoms with Gasteiger partial charge in [0.1, 0.15) is 5.71 Å². The van der Waals surface area contributed by atoms with E-state index in [0.29, 0.717) is 12.1 Å². The molecule has 6 nitrogen and oxygen atoms in total. The molecule has 0 saturated carbocycles. The summed E-state index contributed by atoms with van der Waals surface area (Å²) >= 11 is 1.59. The van der Waals surface area contributed by atoms with Crippen LogP contribution in [0.2, 0.25) is 0 Å². The minimum atomic E-state index is -0.987. The summed E-state index contributed by atoms with van der Waals surface area (Å²) in [6.45, 7) is 5.81. The van der Waals surface area contributed by atoms with E-state index in [0.717, 1.165) is 10.6 Å². The Bertz CT molecular complexity index is 705. The lowest BCUT2D eigenvalue weighted by molar-refractivity contribution is -0.135. The van der Waals surface area contributed by atoms with Gasteiger partial charge in [0.15, 0.2) is 0 Å². The lowest BCUT2D eigenvalue weighted by Crippen LogP contribution is -2.40. The van der Waals surface area contributed by atoms with E-state index in [-0.39, 0.29) is 11.9 Å². The highest BCUT2D eigenvalue weighted by atomic mass is 32.1. The number of anilines is 1. The average molecular weight is 318 g/mol. The average Bonchev–Trinajstić information content (AvgIpc) is 3.17. The van der Waals surface area contributed by atoms with Crippen LogP contribution in [0, 0.1) is 0 Å². The van der Waals surface area contributed by atoms with E-state index in [1.165, 1.54) is 0 Å². The molecule has 0 aliphatic carbocycles. The van der Waals surface area contributed by atoms with E-state index in [4.69, 9.17) is 4.84 Å². The standard InChI is InChI=1S/C15H18N4O2S/c1-10(2)19-9-11(8-16-19)17-14(20)15(3)7-12(18-21-15)13-5-4-6-22-13/h4-6,8-10H,7H2,1-3H3,(H,17,20). The molecule has 0 aromatic carbocycles. The van der Waals surface area contributed by atoms with Gasteiger partial charge in [0, 0.05) is 18.7 Å². The fourth-order valence-corrected chi connectivity index (χ4v) is 2.89. The highest BCUT2D eigenvalue weighted by Crippen LogP contribution is 2.29. The number of hydrogen-bond donors (Lipinski definition) is 1. The largest absolute Gasteiger partial charge is 0.379 e. The summed E-state index contributed by atoms with van der Waals surface area (Å²) in [5.41, 5.74) is 0.484. The molecule has 3 rings (SSSR count). The number of nitrogens with zero attached hydrogens (tertiary/aromatic N) is 3. The molecule has 0 bridgehead atoms. The molecule has 7 heteroatoms.